The molecule has 0 bridgehead atoms. The van der Waals surface area contributed by atoms with Crippen LogP contribution in [-0.2, 0) is 4.79 Å². The summed E-state index contributed by atoms with van der Waals surface area (Å²) in [5, 5.41) is 15.9. The quantitative estimate of drug-likeness (QED) is 0.733. The first-order valence-corrected chi connectivity index (χ1v) is 6.40. The van der Waals surface area contributed by atoms with Crippen LogP contribution in [0.1, 0.15) is 33.1 Å². The second kappa shape index (κ2) is 9.70. The summed E-state index contributed by atoms with van der Waals surface area (Å²) in [6.07, 6.45) is 2.29. The Labute approximate surface area is 108 Å². The zero-order valence-electron chi connectivity index (χ0n) is 11.2. The van der Waals surface area contributed by atoms with Gasteiger partial charge >= 0.3 is 6.09 Å². The standard InChI is InChI=1S/C11H22N2O2.CH2O2/c1-3-12(4-2)9-7-10-6-5-8-13(10)11(14)15;2-1-3/h10H,3-9H2,1-2H3,(H,14,15);1H,(H,2,3). The number of carbonyl (C=O) groups is 2. The summed E-state index contributed by atoms with van der Waals surface area (Å²) in [6, 6.07) is 0.253. The Morgan fingerprint density at radius 2 is 2.00 bits per heavy atom. The molecule has 0 radical (unpaired) electrons. The van der Waals surface area contributed by atoms with Crippen molar-refractivity contribution >= 4 is 12.6 Å². The average Bonchev–Trinajstić information content (AvgIpc) is 2.80. The van der Waals surface area contributed by atoms with Crippen LogP contribution in [0.5, 0.6) is 0 Å². The molecular weight excluding hydrogens is 236 g/mol. The fraction of sp³-hybridized carbons (Fsp3) is 0.833. The number of carboxylic acid groups (broad SMARTS) is 2. The van der Waals surface area contributed by atoms with Crippen molar-refractivity contribution in [2.45, 2.75) is 39.2 Å². The lowest BCUT2D eigenvalue weighted by Gasteiger charge is -2.25. The van der Waals surface area contributed by atoms with E-state index < -0.39 is 6.09 Å². The van der Waals surface area contributed by atoms with Crippen molar-refractivity contribution in [2.24, 2.45) is 0 Å². The number of nitrogens with zero attached hydrogens (tertiary/aromatic N) is 2. The molecule has 1 aliphatic rings. The van der Waals surface area contributed by atoms with Crippen molar-refractivity contribution in [2.75, 3.05) is 26.2 Å². The topological polar surface area (TPSA) is 81.1 Å². The molecule has 106 valence electrons. The maximum atomic E-state index is 10.9. The van der Waals surface area contributed by atoms with Gasteiger partial charge in [0.25, 0.3) is 6.47 Å². The molecule has 0 aromatic rings. The minimum atomic E-state index is -0.753. The van der Waals surface area contributed by atoms with Crippen LogP contribution in [-0.4, -0.2) is 64.8 Å². The van der Waals surface area contributed by atoms with Gasteiger partial charge in [-0.2, -0.15) is 0 Å². The van der Waals surface area contributed by atoms with E-state index >= 15 is 0 Å². The zero-order chi connectivity index (χ0) is 14.0. The summed E-state index contributed by atoms with van der Waals surface area (Å²) in [4.78, 5) is 23.2. The van der Waals surface area contributed by atoms with Gasteiger partial charge < -0.3 is 20.0 Å². The van der Waals surface area contributed by atoms with Gasteiger partial charge in [0.2, 0.25) is 0 Å². The van der Waals surface area contributed by atoms with Crippen LogP contribution in [0.2, 0.25) is 0 Å². The molecule has 6 heteroatoms. The van der Waals surface area contributed by atoms with Gasteiger partial charge in [-0.1, -0.05) is 13.8 Å². The van der Waals surface area contributed by atoms with Crippen LogP contribution in [0.15, 0.2) is 0 Å². The molecule has 1 saturated heterocycles. The summed E-state index contributed by atoms with van der Waals surface area (Å²) < 4.78 is 0. The fourth-order valence-electron chi connectivity index (χ4n) is 2.26. The molecule has 0 spiro atoms. The Hall–Kier alpha value is -1.30. The van der Waals surface area contributed by atoms with Crippen LogP contribution in [0.4, 0.5) is 4.79 Å². The Morgan fingerprint density at radius 1 is 1.44 bits per heavy atom. The Balaban J connectivity index is 0.000000873. The first-order chi connectivity index (χ1) is 8.60. The molecule has 1 rings (SSSR count). The highest BCUT2D eigenvalue weighted by atomic mass is 16.4. The molecule has 0 aromatic heterocycles. The van der Waals surface area contributed by atoms with Crippen LogP contribution in [0, 0.1) is 0 Å². The monoisotopic (exact) mass is 260 g/mol. The van der Waals surface area contributed by atoms with Crippen LogP contribution < -0.4 is 0 Å². The van der Waals surface area contributed by atoms with E-state index in [9.17, 15) is 4.79 Å². The van der Waals surface area contributed by atoms with E-state index in [0.717, 1.165) is 45.4 Å². The Morgan fingerprint density at radius 3 is 2.44 bits per heavy atom. The highest BCUT2D eigenvalue weighted by Crippen LogP contribution is 2.20. The van der Waals surface area contributed by atoms with E-state index in [1.807, 2.05) is 0 Å². The van der Waals surface area contributed by atoms with Crippen molar-refractivity contribution in [1.82, 2.24) is 9.80 Å². The van der Waals surface area contributed by atoms with Crippen molar-refractivity contribution in [1.29, 1.82) is 0 Å². The lowest BCUT2D eigenvalue weighted by molar-refractivity contribution is -0.122. The number of rotatable bonds is 5. The van der Waals surface area contributed by atoms with Crippen molar-refractivity contribution < 1.29 is 19.8 Å². The first-order valence-electron chi connectivity index (χ1n) is 6.40. The molecule has 18 heavy (non-hydrogen) atoms. The highest BCUT2D eigenvalue weighted by molar-refractivity contribution is 5.65. The minimum absolute atomic E-state index is 0.250. The van der Waals surface area contributed by atoms with Crippen LogP contribution >= 0.6 is 0 Å². The van der Waals surface area contributed by atoms with Gasteiger partial charge in [0.05, 0.1) is 0 Å². The summed E-state index contributed by atoms with van der Waals surface area (Å²) in [7, 11) is 0. The van der Waals surface area contributed by atoms with Gasteiger partial charge in [-0.15, -0.1) is 0 Å². The van der Waals surface area contributed by atoms with Gasteiger partial charge in [-0.05, 0) is 32.4 Å². The van der Waals surface area contributed by atoms with Crippen molar-refractivity contribution in [3.8, 4) is 0 Å². The van der Waals surface area contributed by atoms with Crippen molar-refractivity contribution in [3.05, 3.63) is 0 Å². The second-order valence-corrected chi connectivity index (χ2v) is 4.19. The molecule has 0 aliphatic carbocycles. The number of likely N-dealkylation sites (tertiary alicyclic amines) is 1. The molecule has 1 unspecified atom stereocenters. The maximum Gasteiger partial charge on any atom is 0.407 e. The molecule has 0 aromatic carbocycles. The van der Waals surface area contributed by atoms with Crippen molar-refractivity contribution in [3.63, 3.8) is 0 Å². The van der Waals surface area contributed by atoms with E-state index in [4.69, 9.17) is 15.0 Å². The maximum absolute atomic E-state index is 10.9. The second-order valence-electron chi connectivity index (χ2n) is 4.19. The van der Waals surface area contributed by atoms with E-state index in [1.165, 1.54) is 0 Å². The zero-order valence-corrected chi connectivity index (χ0v) is 11.2. The molecule has 0 saturated carbocycles. The van der Waals surface area contributed by atoms with E-state index in [-0.39, 0.29) is 12.5 Å². The Bertz CT molecular complexity index is 244. The summed E-state index contributed by atoms with van der Waals surface area (Å²) in [5.74, 6) is 0. The smallest absolute Gasteiger partial charge is 0.407 e. The predicted molar refractivity (Wildman–Crippen MR) is 68.9 cm³/mol. The molecule has 6 nitrogen and oxygen atoms in total. The lowest BCUT2D eigenvalue weighted by Crippen LogP contribution is -2.37. The SMILES string of the molecule is CCN(CC)CCC1CCCN1C(=O)O.O=CO. The van der Waals surface area contributed by atoms with Gasteiger partial charge in [0.1, 0.15) is 0 Å². The normalized spacial score (nSPS) is 18.4. The summed E-state index contributed by atoms with van der Waals surface area (Å²) in [6.45, 7) is 7.88. The fourth-order valence-corrected chi connectivity index (χ4v) is 2.26. The van der Waals surface area contributed by atoms with Gasteiger partial charge in [0.15, 0.2) is 0 Å². The largest absolute Gasteiger partial charge is 0.483 e. The third-order valence-corrected chi connectivity index (χ3v) is 3.30. The summed E-state index contributed by atoms with van der Waals surface area (Å²) >= 11 is 0. The molecule has 1 amide bonds. The number of amides is 1. The summed E-state index contributed by atoms with van der Waals surface area (Å²) in [5.41, 5.74) is 0. The number of hydrogen-bond acceptors (Lipinski definition) is 3. The third kappa shape index (κ3) is 5.86. The number of hydrogen-bond donors (Lipinski definition) is 2. The predicted octanol–water partition coefficient (Wildman–Crippen LogP) is 1.56. The lowest BCUT2D eigenvalue weighted by atomic mass is 10.1. The van der Waals surface area contributed by atoms with Crippen LogP contribution in [0.3, 0.4) is 0 Å². The average molecular weight is 260 g/mol. The molecule has 1 heterocycles. The van der Waals surface area contributed by atoms with Gasteiger partial charge in [-0.25, -0.2) is 4.79 Å². The van der Waals surface area contributed by atoms with E-state index in [0.29, 0.717) is 0 Å². The van der Waals surface area contributed by atoms with Gasteiger partial charge in [-0.3, -0.25) is 4.79 Å². The molecule has 2 N–H and O–H groups in total. The van der Waals surface area contributed by atoms with E-state index in [1.54, 1.807) is 4.90 Å². The minimum Gasteiger partial charge on any atom is -0.483 e. The third-order valence-electron chi connectivity index (χ3n) is 3.30. The molecule has 1 aliphatic heterocycles. The van der Waals surface area contributed by atoms with Gasteiger partial charge in [0, 0.05) is 19.1 Å². The Kier molecular flexibility index (Phi) is 9.00. The first kappa shape index (κ1) is 16.7. The molecule has 1 fully saturated rings. The van der Waals surface area contributed by atoms with Crippen LogP contribution in [0.25, 0.3) is 0 Å². The molecular formula is C12H24N2O4. The highest BCUT2D eigenvalue weighted by Gasteiger charge is 2.28. The van der Waals surface area contributed by atoms with E-state index in [2.05, 4.69) is 18.7 Å². The molecule has 1 atom stereocenters.